The first-order valence-corrected chi connectivity index (χ1v) is 8.93. The second-order valence-electron chi connectivity index (χ2n) is 5.63. The third-order valence-corrected chi connectivity index (χ3v) is 5.68. The molecule has 0 unspecified atom stereocenters. The van der Waals surface area contributed by atoms with Gasteiger partial charge in [-0.1, -0.05) is 30.3 Å². The zero-order valence-corrected chi connectivity index (χ0v) is 14.1. The molecule has 0 radical (unpaired) electrons. The predicted molar refractivity (Wildman–Crippen MR) is 91.8 cm³/mol. The Labute approximate surface area is 138 Å². The van der Waals surface area contributed by atoms with Gasteiger partial charge in [0.15, 0.2) is 9.84 Å². The summed E-state index contributed by atoms with van der Waals surface area (Å²) in [6.45, 7) is 0. The number of nitrogens with zero attached hydrogens (tertiary/aromatic N) is 2. The van der Waals surface area contributed by atoms with Crippen LogP contribution in [0.3, 0.4) is 0 Å². The molecule has 0 aliphatic heterocycles. The van der Waals surface area contributed by atoms with Gasteiger partial charge in [-0.25, -0.2) is 13.2 Å². The van der Waals surface area contributed by atoms with E-state index in [9.17, 15) is 18.0 Å². The van der Waals surface area contributed by atoms with Crippen molar-refractivity contribution in [2.75, 3.05) is 0 Å². The minimum atomic E-state index is -3.59. The van der Waals surface area contributed by atoms with Crippen molar-refractivity contribution in [3.63, 3.8) is 0 Å². The quantitative estimate of drug-likeness (QED) is 0.715. The summed E-state index contributed by atoms with van der Waals surface area (Å²) in [5, 5.41) is 0.203. The normalized spacial score (nSPS) is 11.8. The summed E-state index contributed by atoms with van der Waals surface area (Å²) in [7, 11) is -0.679. The number of aromatic nitrogens is 2. The van der Waals surface area contributed by atoms with Crippen LogP contribution in [0.25, 0.3) is 10.9 Å². The SMILES string of the molecule is Cn1c(=O)c2cc(S(=O)(=O)Cc3ccccc3)ccc2n(C)c1=O. The molecular formula is C17H16N2O4S. The molecular weight excluding hydrogens is 328 g/mol. The lowest BCUT2D eigenvalue weighted by Crippen LogP contribution is -2.37. The topological polar surface area (TPSA) is 78.1 Å². The summed E-state index contributed by atoms with van der Waals surface area (Å²) in [4.78, 5) is 24.3. The highest BCUT2D eigenvalue weighted by molar-refractivity contribution is 7.90. The largest absolute Gasteiger partial charge is 0.330 e. The Morgan fingerprint density at radius 1 is 0.917 bits per heavy atom. The molecule has 0 spiro atoms. The molecule has 1 aromatic heterocycles. The molecule has 0 amide bonds. The molecule has 0 N–H and O–H groups in total. The molecule has 0 atom stereocenters. The van der Waals surface area contributed by atoms with Gasteiger partial charge in [0.1, 0.15) is 0 Å². The average Bonchev–Trinajstić information content (AvgIpc) is 2.58. The number of sulfone groups is 1. The van der Waals surface area contributed by atoms with Crippen LogP contribution in [0.15, 0.2) is 63.0 Å². The first kappa shape index (κ1) is 16.2. The fraction of sp³-hybridized carbons (Fsp3) is 0.176. The summed E-state index contributed by atoms with van der Waals surface area (Å²) >= 11 is 0. The van der Waals surface area contributed by atoms with Gasteiger partial charge < -0.3 is 0 Å². The Morgan fingerprint density at radius 2 is 1.58 bits per heavy atom. The van der Waals surface area contributed by atoms with Gasteiger partial charge in [0.25, 0.3) is 5.56 Å². The van der Waals surface area contributed by atoms with Gasteiger partial charge in [-0.2, -0.15) is 0 Å². The van der Waals surface area contributed by atoms with E-state index in [0.29, 0.717) is 11.1 Å². The van der Waals surface area contributed by atoms with Crippen LogP contribution < -0.4 is 11.2 Å². The van der Waals surface area contributed by atoms with Crippen molar-refractivity contribution in [1.82, 2.24) is 9.13 Å². The molecule has 24 heavy (non-hydrogen) atoms. The highest BCUT2D eigenvalue weighted by Gasteiger charge is 2.18. The Kier molecular flexibility index (Phi) is 3.88. The molecule has 0 bridgehead atoms. The molecule has 0 fully saturated rings. The van der Waals surface area contributed by atoms with Gasteiger partial charge in [-0.05, 0) is 23.8 Å². The van der Waals surface area contributed by atoms with E-state index in [2.05, 4.69) is 0 Å². The van der Waals surface area contributed by atoms with Crippen molar-refractivity contribution in [2.45, 2.75) is 10.6 Å². The smallest absolute Gasteiger partial charge is 0.296 e. The number of rotatable bonds is 3. The zero-order valence-electron chi connectivity index (χ0n) is 13.3. The van der Waals surface area contributed by atoms with Gasteiger partial charge in [-0.3, -0.25) is 13.9 Å². The minimum absolute atomic E-state index is 0.0644. The van der Waals surface area contributed by atoms with Crippen molar-refractivity contribution in [2.24, 2.45) is 14.1 Å². The Balaban J connectivity index is 2.18. The van der Waals surface area contributed by atoms with E-state index >= 15 is 0 Å². The van der Waals surface area contributed by atoms with E-state index in [4.69, 9.17) is 0 Å². The molecule has 0 saturated carbocycles. The van der Waals surface area contributed by atoms with Crippen LogP contribution in [0.2, 0.25) is 0 Å². The van der Waals surface area contributed by atoms with E-state index in [-0.39, 0.29) is 16.0 Å². The van der Waals surface area contributed by atoms with E-state index in [1.807, 2.05) is 6.07 Å². The molecule has 6 nitrogen and oxygen atoms in total. The van der Waals surface area contributed by atoms with Crippen molar-refractivity contribution >= 4 is 20.7 Å². The number of benzene rings is 2. The molecule has 0 aliphatic rings. The fourth-order valence-corrected chi connectivity index (χ4v) is 4.02. The second-order valence-corrected chi connectivity index (χ2v) is 7.62. The molecule has 0 aliphatic carbocycles. The van der Waals surface area contributed by atoms with Crippen LogP contribution in [0.5, 0.6) is 0 Å². The maximum absolute atomic E-state index is 12.6. The predicted octanol–water partition coefficient (Wildman–Crippen LogP) is 1.21. The monoisotopic (exact) mass is 344 g/mol. The molecule has 124 valence electrons. The lowest BCUT2D eigenvalue weighted by Gasteiger charge is -2.09. The highest BCUT2D eigenvalue weighted by atomic mass is 32.2. The third-order valence-electron chi connectivity index (χ3n) is 4.00. The summed E-state index contributed by atoms with van der Waals surface area (Å²) in [6.07, 6.45) is 0. The lowest BCUT2D eigenvalue weighted by atomic mass is 10.2. The van der Waals surface area contributed by atoms with Gasteiger partial charge in [0.2, 0.25) is 0 Å². The van der Waals surface area contributed by atoms with Gasteiger partial charge in [0, 0.05) is 14.1 Å². The average molecular weight is 344 g/mol. The molecule has 3 aromatic rings. The summed E-state index contributed by atoms with van der Waals surface area (Å²) in [5.74, 6) is -0.147. The van der Waals surface area contributed by atoms with Gasteiger partial charge >= 0.3 is 5.69 Å². The number of hydrogen-bond donors (Lipinski definition) is 0. The fourth-order valence-electron chi connectivity index (χ4n) is 2.64. The number of hydrogen-bond acceptors (Lipinski definition) is 4. The van der Waals surface area contributed by atoms with E-state index in [1.54, 1.807) is 31.3 Å². The minimum Gasteiger partial charge on any atom is -0.296 e. The van der Waals surface area contributed by atoms with E-state index in [1.165, 1.54) is 29.8 Å². The lowest BCUT2D eigenvalue weighted by molar-refractivity contribution is 0.595. The number of aryl methyl sites for hydroxylation is 1. The van der Waals surface area contributed by atoms with Crippen LogP contribution in [0, 0.1) is 0 Å². The first-order valence-electron chi connectivity index (χ1n) is 7.28. The summed E-state index contributed by atoms with van der Waals surface area (Å²) in [5.41, 5.74) is 0.116. The summed E-state index contributed by atoms with van der Waals surface area (Å²) in [6, 6.07) is 13.1. The van der Waals surface area contributed by atoms with Gasteiger partial charge in [0.05, 0.1) is 21.6 Å². The highest BCUT2D eigenvalue weighted by Crippen LogP contribution is 2.19. The van der Waals surface area contributed by atoms with Crippen LogP contribution in [0.1, 0.15) is 5.56 Å². The van der Waals surface area contributed by atoms with E-state index < -0.39 is 21.1 Å². The van der Waals surface area contributed by atoms with Crippen LogP contribution in [-0.4, -0.2) is 17.6 Å². The van der Waals surface area contributed by atoms with Crippen molar-refractivity contribution < 1.29 is 8.42 Å². The van der Waals surface area contributed by atoms with E-state index in [0.717, 1.165) is 4.57 Å². The second kappa shape index (κ2) is 5.76. The molecule has 2 aromatic carbocycles. The standard InChI is InChI=1S/C17H16N2O4S/c1-18-15-9-8-13(10-14(15)16(20)19(2)17(18)21)24(22,23)11-12-6-4-3-5-7-12/h3-10H,11H2,1-2H3. The maximum Gasteiger partial charge on any atom is 0.330 e. The molecule has 3 rings (SSSR count). The third kappa shape index (κ3) is 2.67. The van der Waals surface area contributed by atoms with Gasteiger partial charge in [-0.15, -0.1) is 0 Å². The van der Waals surface area contributed by atoms with Crippen LogP contribution >= 0.6 is 0 Å². The Morgan fingerprint density at radius 3 is 2.25 bits per heavy atom. The van der Waals surface area contributed by atoms with Crippen LogP contribution in [0.4, 0.5) is 0 Å². The Bertz CT molecular complexity index is 1140. The Hall–Kier alpha value is -2.67. The van der Waals surface area contributed by atoms with Crippen molar-refractivity contribution in [1.29, 1.82) is 0 Å². The molecule has 1 heterocycles. The molecule has 7 heteroatoms. The van der Waals surface area contributed by atoms with Crippen molar-refractivity contribution in [3.8, 4) is 0 Å². The summed E-state index contributed by atoms with van der Waals surface area (Å²) < 4.78 is 27.5. The maximum atomic E-state index is 12.6. The zero-order chi connectivity index (χ0) is 17.5. The number of fused-ring (bicyclic) bond motifs is 1. The van der Waals surface area contributed by atoms with Crippen molar-refractivity contribution in [3.05, 3.63) is 74.9 Å². The van der Waals surface area contributed by atoms with Crippen LogP contribution in [-0.2, 0) is 29.7 Å². The first-order chi connectivity index (χ1) is 11.3. The molecule has 0 saturated heterocycles.